The average molecular weight is 342 g/mol. The van der Waals surface area contributed by atoms with Crippen LogP contribution in [0.3, 0.4) is 0 Å². The maximum Gasteiger partial charge on any atom is 0.225 e. The highest BCUT2D eigenvalue weighted by atomic mass is 16.6. The van der Waals surface area contributed by atoms with Gasteiger partial charge in [-0.2, -0.15) is 0 Å². The number of rotatable bonds is 2. The summed E-state index contributed by atoms with van der Waals surface area (Å²) in [6, 6.07) is 0. The molecule has 0 saturated heterocycles. The first kappa shape index (κ1) is 17.5. The molecule has 0 heterocycles. The molecule has 4 fully saturated rings. The zero-order valence-corrected chi connectivity index (χ0v) is 14.1. The smallest absolute Gasteiger partial charge is 0.225 e. The van der Waals surface area contributed by atoms with Gasteiger partial charge in [-0.1, -0.05) is 0 Å². The van der Waals surface area contributed by atoms with E-state index < -0.39 is 23.3 Å². The Morgan fingerprint density at radius 3 is 1.29 bits per heavy atom. The number of hydrogen-bond acceptors (Lipinski definition) is 6. The second-order valence-corrected chi connectivity index (χ2v) is 8.66. The Morgan fingerprint density at radius 1 is 0.792 bits per heavy atom. The first-order chi connectivity index (χ1) is 11.1. The summed E-state index contributed by atoms with van der Waals surface area (Å²) in [5, 5.41) is 40.5. The molecule has 4 bridgehead atoms. The number of nitrogens with zero attached hydrogens (tertiary/aromatic N) is 2. The van der Waals surface area contributed by atoms with Gasteiger partial charge in [-0.3, -0.25) is 20.2 Å². The van der Waals surface area contributed by atoms with E-state index >= 15 is 0 Å². The van der Waals surface area contributed by atoms with Crippen LogP contribution < -0.4 is 0 Å². The highest BCUT2D eigenvalue weighted by molar-refractivity contribution is 5.04. The van der Waals surface area contributed by atoms with Gasteiger partial charge in [-0.05, 0) is 37.5 Å². The highest BCUT2D eigenvalue weighted by Crippen LogP contribution is 2.52. The van der Waals surface area contributed by atoms with Crippen molar-refractivity contribution in [3.05, 3.63) is 20.2 Å². The molecular weight excluding hydrogens is 316 g/mol. The quantitative estimate of drug-likeness (QED) is 0.580. The van der Waals surface area contributed by atoms with Crippen LogP contribution in [0.4, 0.5) is 0 Å². The van der Waals surface area contributed by atoms with Crippen LogP contribution in [-0.4, -0.2) is 43.3 Å². The summed E-state index contributed by atoms with van der Waals surface area (Å²) in [6.45, 7) is 3.33. The van der Waals surface area contributed by atoms with Crippen molar-refractivity contribution >= 4 is 0 Å². The third-order valence-electron chi connectivity index (χ3n) is 7.09. The lowest BCUT2D eigenvalue weighted by Crippen LogP contribution is -2.45. The van der Waals surface area contributed by atoms with Crippen LogP contribution in [-0.2, 0) is 0 Å². The number of aliphatic hydroxyl groups is 2. The van der Waals surface area contributed by atoms with Crippen LogP contribution in [0.2, 0.25) is 0 Å². The molecule has 4 saturated carbocycles. The first-order valence-electron chi connectivity index (χ1n) is 8.73. The fourth-order valence-electron chi connectivity index (χ4n) is 5.80. The van der Waals surface area contributed by atoms with Gasteiger partial charge in [-0.15, -0.1) is 0 Å². The fourth-order valence-corrected chi connectivity index (χ4v) is 5.80. The van der Waals surface area contributed by atoms with E-state index in [2.05, 4.69) is 0 Å². The second-order valence-electron chi connectivity index (χ2n) is 8.66. The van der Waals surface area contributed by atoms with E-state index in [-0.39, 0.29) is 21.7 Å². The average Bonchev–Trinajstić information content (AvgIpc) is 3.17. The molecule has 0 unspecified atom stereocenters. The van der Waals surface area contributed by atoms with Crippen LogP contribution in [0.1, 0.15) is 52.4 Å². The standard InChI is InChI=1S/2C8H13NO3/c2*1-8(9(11)12)4-5-2-6(8)7(10)3-5/h2*5-7,10H,2-4H2,1H3/t2*5-,6+,7+,8+/m00/s1. The Bertz CT molecular complexity index is 509. The van der Waals surface area contributed by atoms with Crippen molar-refractivity contribution in [1.29, 1.82) is 0 Å². The predicted octanol–water partition coefficient (Wildman–Crippen LogP) is 1.63. The summed E-state index contributed by atoms with van der Waals surface area (Å²) in [7, 11) is 0. The van der Waals surface area contributed by atoms with E-state index in [9.17, 15) is 30.4 Å². The number of fused-ring (bicyclic) bond motifs is 4. The molecule has 8 atom stereocenters. The van der Waals surface area contributed by atoms with Crippen molar-refractivity contribution in [2.45, 2.75) is 75.7 Å². The third kappa shape index (κ3) is 2.50. The van der Waals surface area contributed by atoms with Gasteiger partial charge in [0.25, 0.3) is 0 Å². The second kappa shape index (κ2) is 5.62. The van der Waals surface area contributed by atoms with Crippen LogP contribution >= 0.6 is 0 Å². The van der Waals surface area contributed by atoms with E-state index in [0.29, 0.717) is 24.7 Å². The van der Waals surface area contributed by atoms with Crippen molar-refractivity contribution in [3.63, 3.8) is 0 Å². The lowest BCUT2D eigenvalue weighted by atomic mass is 9.81. The molecule has 0 aliphatic heterocycles. The molecule has 0 spiro atoms. The van der Waals surface area contributed by atoms with Crippen molar-refractivity contribution in [2.75, 3.05) is 0 Å². The molecule has 8 heteroatoms. The van der Waals surface area contributed by atoms with E-state index in [4.69, 9.17) is 0 Å². The summed E-state index contributed by atoms with van der Waals surface area (Å²) in [5.74, 6) is 0.579. The van der Waals surface area contributed by atoms with E-state index in [1.165, 1.54) is 0 Å². The van der Waals surface area contributed by atoms with E-state index in [0.717, 1.165) is 25.7 Å². The third-order valence-corrected chi connectivity index (χ3v) is 7.09. The molecule has 0 aromatic carbocycles. The molecule has 136 valence electrons. The number of hydrogen-bond donors (Lipinski definition) is 2. The van der Waals surface area contributed by atoms with Crippen LogP contribution in [0.5, 0.6) is 0 Å². The maximum atomic E-state index is 10.8. The molecular formula is C16H26N2O6. The summed E-state index contributed by atoms with van der Waals surface area (Å²) in [4.78, 5) is 21.1. The minimum Gasteiger partial charge on any atom is -0.393 e. The zero-order valence-electron chi connectivity index (χ0n) is 14.1. The van der Waals surface area contributed by atoms with E-state index in [1.807, 2.05) is 0 Å². The molecule has 0 aromatic heterocycles. The van der Waals surface area contributed by atoms with Gasteiger partial charge in [0.05, 0.1) is 24.0 Å². The van der Waals surface area contributed by atoms with Gasteiger partial charge >= 0.3 is 0 Å². The lowest BCUT2D eigenvalue weighted by Gasteiger charge is -2.28. The maximum absolute atomic E-state index is 10.8. The summed E-state index contributed by atoms with van der Waals surface area (Å²) in [5.41, 5.74) is -1.69. The van der Waals surface area contributed by atoms with Crippen LogP contribution in [0.25, 0.3) is 0 Å². The first-order valence-corrected chi connectivity index (χ1v) is 8.73. The summed E-state index contributed by atoms with van der Waals surface area (Å²) >= 11 is 0. The molecule has 2 N–H and O–H groups in total. The van der Waals surface area contributed by atoms with Gasteiger partial charge in [0.15, 0.2) is 0 Å². The van der Waals surface area contributed by atoms with Crippen molar-refractivity contribution in [3.8, 4) is 0 Å². The molecule has 4 rings (SSSR count). The van der Waals surface area contributed by atoms with Gasteiger partial charge in [0.1, 0.15) is 0 Å². The van der Waals surface area contributed by atoms with E-state index in [1.54, 1.807) is 13.8 Å². The summed E-state index contributed by atoms with van der Waals surface area (Å²) < 4.78 is 0. The Morgan fingerprint density at radius 2 is 1.12 bits per heavy atom. The molecule has 0 aromatic rings. The van der Waals surface area contributed by atoms with Gasteiger partial charge in [0, 0.05) is 36.5 Å². The normalized spacial score (nSPS) is 51.3. The minimum absolute atomic E-state index is 0.0995. The molecule has 24 heavy (non-hydrogen) atoms. The van der Waals surface area contributed by atoms with Gasteiger partial charge < -0.3 is 10.2 Å². The van der Waals surface area contributed by atoms with Gasteiger partial charge in [0.2, 0.25) is 11.1 Å². The van der Waals surface area contributed by atoms with Crippen molar-refractivity contribution in [2.24, 2.45) is 23.7 Å². The molecule has 0 radical (unpaired) electrons. The fraction of sp³-hybridized carbons (Fsp3) is 1.00. The molecule has 4 aliphatic rings. The van der Waals surface area contributed by atoms with Crippen LogP contribution in [0.15, 0.2) is 0 Å². The Kier molecular flexibility index (Phi) is 4.11. The Hall–Kier alpha value is -1.28. The zero-order chi connectivity index (χ0) is 17.9. The molecule has 8 nitrogen and oxygen atoms in total. The topological polar surface area (TPSA) is 127 Å². The SMILES string of the molecule is C[C@@]1([N+](=O)[O-])C[C@@H]2C[C@@H](O)[C@H]1C2.C[C@@]1([N+](=O)[O-])C[C@@H]2C[C@@H](O)[C@H]1C2. The largest absolute Gasteiger partial charge is 0.393 e. The predicted molar refractivity (Wildman–Crippen MR) is 84.5 cm³/mol. The lowest BCUT2D eigenvalue weighted by molar-refractivity contribution is -0.577. The monoisotopic (exact) mass is 342 g/mol. The van der Waals surface area contributed by atoms with Crippen molar-refractivity contribution in [1.82, 2.24) is 0 Å². The highest BCUT2D eigenvalue weighted by Gasteiger charge is 2.61. The molecule has 0 amide bonds. The van der Waals surface area contributed by atoms with Crippen molar-refractivity contribution < 1.29 is 20.1 Å². The Labute approximate surface area is 140 Å². The number of nitro groups is 2. The molecule has 4 aliphatic carbocycles. The number of aliphatic hydroxyl groups excluding tert-OH is 2. The summed E-state index contributed by atoms with van der Waals surface area (Å²) in [6.07, 6.45) is 3.68. The minimum atomic E-state index is -0.845. The Balaban J connectivity index is 0.000000141. The van der Waals surface area contributed by atoms with Crippen LogP contribution in [0, 0.1) is 43.9 Å². The van der Waals surface area contributed by atoms with Gasteiger partial charge in [-0.25, -0.2) is 0 Å².